The van der Waals surface area contributed by atoms with E-state index in [-0.39, 0.29) is 12.3 Å². The summed E-state index contributed by atoms with van der Waals surface area (Å²) in [7, 11) is 0. The van der Waals surface area contributed by atoms with Crippen LogP contribution in [0.4, 0.5) is 4.79 Å². The van der Waals surface area contributed by atoms with Crippen LogP contribution < -0.4 is 10.6 Å². The molecule has 0 saturated carbocycles. The predicted octanol–water partition coefficient (Wildman–Crippen LogP) is 0.286. The van der Waals surface area contributed by atoms with Crippen molar-refractivity contribution in [2.24, 2.45) is 0 Å². The number of amides is 4. The second-order valence-corrected chi connectivity index (χ2v) is 7.32. The quantitative estimate of drug-likeness (QED) is 0.763. The third-order valence-corrected chi connectivity index (χ3v) is 5.67. The molecule has 0 radical (unpaired) electrons. The molecule has 2 fully saturated rings. The molecule has 0 aromatic heterocycles. The fourth-order valence-corrected chi connectivity index (χ4v) is 4.25. The Balaban J connectivity index is 1.32. The predicted molar refractivity (Wildman–Crippen MR) is 95.5 cm³/mol. The third kappa shape index (κ3) is 3.44. The molecular formula is C19H24N4O3. The van der Waals surface area contributed by atoms with Gasteiger partial charge in [0.1, 0.15) is 6.04 Å². The largest absolute Gasteiger partial charge is 0.341 e. The lowest BCUT2D eigenvalue weighted by Gasteiger charge is -2.27. The van der Waals surface area contributed by atoms with Crippen LogP contribution in [-0.4, -0.2) is 65.9 Å². The number of nitrogens with zero attached hydrogens (tertiary/aromatic N) is 2. The number of carbonyl (C=O) groups is 3. The first-order chi connectivity index (χ1) is 12.6. The van der Waals surface area contributed by atoms with Crippen LogP contribution in [0.2, 0.25) is 0 Å². The second kappa shape index (κ2) is 7.07. The first kappa shape index (κ1) is 17.0. The smallest absolute Gasteiger partial charge is 0.322 e. The van der Waals surface area contributed by atoms with Gasteiger partial charge in [-0.2, -0.15) is 0 Å². The maximum atomic E-state index is 12.5. The van der Waals surface area contributed by atoms with Gasteiger partial charge >= 0.3 is 6.03 Å². The van der Waals surface area contributed by atoms with Crippen molar-refractivity contribution in [2.45, 2.75) is 37.8 Å². The van der Waals surface area contributed by atoms with Crippen LogP contribution in [0, 0.1) is 0 Å². The van der Waals surface area contributed by atoms with Crippen LogP contribution in [0.25, 0.3) is 0 Å². The molecular weight excluding hydrogens is 332 g/mol. The molecule has 7 nitrogen and oxygen atoms in total. The molecule has 0 spiro atoms. The number of carbonyl (C=O) groups excluding carboxylic acids is 3. The maximum Gasteiger partial charge on any atom is 0.322 e. The number of fused-ring (bicyclic) bond motifs is 1. The minimum atomic E-state index is -0.737. The normalized spacial score (nSPS) is 24.2. The average Bonchev–Trinajstić information content (AvgIpc) is 3.08. The monoisotopic (exact) mass is 356 g/mol. The Kier molecular flexibility index (Phi) is 4.63. The van der Waals surface area contributed by atoms with Gasteiger partial charge in [0.05, 0.1) is 6.42 Å². The Morgan fingerprint density at radius 1 is 1.04 bits per heavy atom. The van der Waals surface area contributed by atoms with E-state index >= 15 is 0 Å². The minimum Gasteiger partial charge on any atom is -0.341 e. The Morgan fingerprint density at radius 3 is 2.42 bits per heavy atom. The number of hydrogen-bond donors (Lipinski definition) is 2. The van der Waals surface area contributed by atoms with Gasteiger partial charge in [-0.1, -0.05) is 24.3 Å². The van der Waals surface area contributed by atoms with Gasteiger partial charge in [0, 0.05) is 32.2 Å². The topological polar surface area (TPSA) is 81.8 Å². The van der Waals surface area contributed by atoms with Crippen molar-refractivity contribution in [1.29, 1.82) is 0 Å². The number of benzene rings is 1. The van der Waals surface area contributed by atoms with Crippen LogP contribution in [0.5, 0.6) is 0 Å². The summed E-state index contributed by atoms with van der Waals surface area (Å²) in [6.45, 7) is 3.22. The summed E-state index contributed by atoms with van der Waals surface area (Å²) in [5.41, 5.74) is 2.88. The lowest BCUT2D eigenvalue weighted by molar-refractivity contribution is -0.133. The summed E-state index contributed by atoms with van der Waals surface area (Å²) in [6, 6.07) is 7.88. The SMILES string of the molecule is O=C1NC(=O)[C@@H](CC(=O)N2CCCN(C3Cc4ccccc4C3)CC2)N1. The molecule has 2 heterocycles. The van der Waals surface area contributed by atoms with Gasteiger partial charge < -0.3 is 10.2 Å². The van der Waals surface area contributed by atoms with Gasteiger partial charge in [-0.15, -0.1) is 0 Å². The third-order valence-electron chi connectivity index (χ3n) is 5.67. The molecule has 2 saturated heterocycles. The van der Waals surface area contributed by atoms with Crippen molar-refractivity contribution in [1.82, 2.24) is 20.4 Å². The molecule has 1 aliphatic carbocycles. The average molecular weight is 356 g/mol. The molecule has 26 heavy (non-hydrogen) atoms. The molecule has 3 aliphatic rings. The fraction of sp³-hybridized carbons (Fsp3) is 0.526. The van der Waals surface area contributed by atoms with E-state index in [4.69, 9.17) is 0 Å². The molecule has 0 unspecified atom stereocenters. The van der Waals surface area contributed by atoms with E-state index in [1.54, 1.807) is 0 Å². The zero-order chi connectivity index (χ0) is 18.1. The summed E-state index contributed by atoms with van der Waals surface area (Å²) >= 11 is 0. The van der Waals surface area contributed by atoms with Gasteiger partial charge in [0.25, 0.3) is 5.91 Å². The Bertz CT molecular complexity index is 710. The molecule has 7 heteroatoms. The maximum absolute atomic E-state index is 12.5. The highest BCUT2D eigenvalue weighted by Gasteiger charge is 2.34. The van der Waals surface area contributed by atoms with Crippen LogP contribution >= 0.6 is 0 Å². The standard InChI is InChI=1S/C19H24N4O3/c24-17(12-16-18(25)21-19(26)20-16)23-7-3-6-22(8-9-23)15-10-13-4-1-2-5-14(13)11-15/h1-2,4-5,15-16H,3,6-12H2,(H2,20,21,25,26)/t16-/m1/s1. The van der Waals surface area contributed by atoms with Crippen LogP contribution in [0.1, 0.15) is 24.0 Å². The molecule has 138 valence electrons. The van der Waals surface area contributed by atoms with Gasteiger partial charge in [-0.3, -0.25) is 19.8 Å². The first-order valence-electron chi connectivity index (χ1n) is 9.30. The van der Waals surface area contributed by atoms with Crippen LogP contribution in [0.3, 0.4) is 0 Å². The van der Waals surface area contributed by atoms with E-state index in [9.17, 15) is 14.4 Å². The summed E-state index contributed by atoms with van der Waals surface area (Å²) in [5, 5.41) is 4.67. The van der Waals surface area contributed by atoms with Crippen molar-refractivity contribution in [3.05, 3.63) is 35.4 Å². The van der Waals surface area contributed by atoms with E-state index in [0.717, 1.165) is 32.4 Å². The van der Waals surface area contributed by atoms with E-state index < -0.39 is 18.0 Å². The highest BCUT2D eigenvalue weighted by molar-refractivity contribution is 6.05. The van der Waals surface area contributed by atoms with Crippen molar-refractivity contribution in [3.8, 4) is 0 Å². The van der Waals surface area contributed by atoms with E-state index in [0.29, 0.717) is 19.1 Å². The van der Waals surface area contributed by atoms with E-state index in [1.807, 2.05) is 4.90 Å². The lowest BCUT2D eigenvalue weighted by atomic mass is 10.1. The Hall–Kier alpha value is -2.41. The van der Waals surface area contributed by atoms with Crippen LogP contribution in [0.15, 0.2) is 24.3 Å². The molecule has 1 atom stereocenters. The molecule has 0 bridgehead atoms. The first-order valence-corrected chi connectivity index (χ1v) is 9.30. The molecule has 4 amide bonds. The summed E-state index contributed by atoms with van der Waals surface area (Å²) in [5.74, 6) is -0.479. The Labute approximate surface area is 152 Å². The number of urea groups is 1. The summed E-state index contributed by atoms with van der Waals surface area (Å²) in [6.07, 6.45) is 3.13. The number of nitrogens with one attached hydrogen (secondary N) is 2. The van der Waals surface area contributed by atoms with Gasteiger partial charge in [0.15, 0.2) is 0 Å². The number of hydrogen-bond acceptors (Lipinski definition) is 4. The van der Waals surface area contributed by atoms with Crippen molar-refractivity contribution in [2.75, 3.05) is 26.2 Å². The highest BCUT2D eigenvalue weighted by atomic mass is 16.2. The minimum absolute atomic E-state index is 0.0342. The van der Waals surface area contributed by atoms with E-state index in [1.165, 1.54) is 11.1 Å². The number of imide groups is 1. The summed E-state index contributed by atoms with van der Waals surface area (Å²) in [4.78, 5) is 39.7. The molecule has 1 aromatic rings. The zero-order valence-corrected chi connectivity index (χ0v) is 14.7. The highest BCUT2D eigenvalue weighted by Crippen LogP contribution is 2.26. The van der Waals surface area contributed by atoms with Crippen molar-refractivity contribution < 1.29 is 14.4 Å². The van der Waals surface area contributed by atoms with Crippen molar-refractivity contribution in [3.63, 3.8) is 0 Å². The zero-order valence-electron chi connectivity index (χ0n) is 14.7. The van der Waals surface area contributed by atoms with E-state index in [2.05, 4.69) is 39.8 Å². The van der Waals surface area contributed by atoms with Gasteiger partial charge in [0.2, 0.25) is 5.91 Å². The summed E-state index contributed by atoms with van der Waals surface area (Å²) < 4.78 is 0. The Morgan fingerprint density at radius 2 is 1.77 bits per heavy atom. The second-order valence-electron chi connectivity index (χ2n) is 7.32. The van der Waals surface area contributed by atoms with Gasteiger partial charge in [-0.05, 0) is 30.4 Å². The molecule has 1 aromatic carbocycles. The molecule has 4 rings (SSSR count). The van der Waals surface area contributed by atoms with Gasteiger partial charge in [-0.25, -0.2) is 4.79 Å². The molecule has 2 aliphatic heterocycles. The fourth-order valence-electron chi connectivity index (χ4n) is 4.25. The van der Waals surface area contributed by atoms with Crippen LogP contribution in [-0.2, 0) is 22.4 Å². The lowest BCUT2D eigenvalue weighted by Crippen LogP contribution is -2.42. The number of rotatable bonds is 3. The van der Waals surface area contributed by atoms with Crippen molar-refractivity contribution >= 4 is 17.8 Å². The molecule has 2 N–H and O–H groups in total.